The summed E-state index contributed by atoms with van der Waals surface area (Å²) in [6, 6.07) is 5.57. The second-order valence-corrected chi connectivity index (χ2v) is 5.45. The van der Waals surface area contributed by atoms with Gasteiger partial charge in [0.25, 0.3) is 5.91 Å². The van der Waals surface area contributed by atoms with Crippen LogP contribution in [0.15, 0.2) is 24.3 Å². The van der Waals surface area contributed by atoms with E-state index in [1.165, 1.54) is 12.1 Å². The van der Waals surface area contributed by atoms with Crippen LogP contribution >= 0.6 is 0 Å². The summed E-state index contributed by atoms with van der Waals surface area (Å²) < 4.78 is 18.9. The Morgan fingerprint density at radius 1 is 1.45 bits per heavy atom. The standard InChI is InChI=1S/C16H18FN3O2/c1-10-15(11(2)19-18-10)14-9-22-7-6-20(14)16(21)12-4-3-5-13(17)8-12/h3-5,8,14H,6-7,9H2,1-2H3,(H,18,19)/t14-/m1/s1. The van der Waals surface area contributed by atoms with Crippen LogP contribution in [0.5, 0.6) is 0 Å². The minimum atomic E-state index is -0.411. The molecule has 0 saturated carbocycles. The molecule has 0 unspecified atom stereocenters. The average molecular weight is 303 g/mol. The number of nitrogens with zero attached hydrogens (tertiary/aromatic N) is 2. The van der Waals surface area contributed by atoms with Crippen molar-refractivity contribution in [3.63, 3.8) is 0 Å². The zero-order valence-electron chi connectivity index (χ0n) is 12.6. The van der Waals surface area contributed by atoms with E-state index in [0.717, 1.165) is 17.0 Å². The Bertz CT molecular complexity index is 679. The molecule has 1 aromatic carbocycles. The highest BCUT2D eigenvalue weighted by Gasteiger charge is 2.32. The first-order chi connectivity index (χ1) is 10.6. The van der Waals surface area contributed by atoms with Crippen LogP contribution in [0.3, 0.4) is 0 Å². The Labute approximate surface area is 128 Å². The molecule has 6 heteroatoms. The zero-order chi connectivity index (χ0) is 15.7. The van der Waals surface area contributed by atoms with E-state index in [-0.39, 0.29) is 11.9 Å². The van der Waals surface area contributed by atoms with Gasteiger partial charge < -0.3 is 9.64 Å². The van der Waals surface area contributed by atoms with Crippen LogP contribution in [0, 0.1) is 19.7 Å². The Morgan fingerprint density at radius 3 is 2.95 bits per heavy atom. The average Bonchev–Trinajstić information content (AvgIpc) is 2.85. The number of carbonyl (C=O) groups is 1. The topological polar surface area (TPSA) is 58.2 Å². The zero-order valence-corrected chi connectivity index (χ0v) is 12.6. The second-order valence-electron chi connectivity index (χ2n) is 5.45. The Morgan fingerprint density at radius 2 is 2.27 bits per heavy atom. The van der Waals surface area contributed by atoms with Crippen LogP contribution in [0.4, 0.5) is 4.39 Å². The van der Waals surface area contributed by atoms with Gasteiger partial charge in [0.15, 0.2) is 0 Å². The van der Waals surface area contributed by atoms with Gasteiger partial charge in [0.2, 0.25) is 0 Å². The number of benzene rings is 1. The third-order valence-electron chi connectivity index (χ3n) is 3.98. The molecule has 22 heavy (non-hydrogen) atoms. The molecule has 1 aliphatic rings. The predicted octanol–water partition coefficient (Wildman–Crippen LogP) is 2.38. The molecule has 0 spiro atoms. The van der Waals surface area contributed by atoms with Crippen molar-refractivity contribution in [3.8, 4) is 0 Å². The van der Waals surface area contributed by atoms with Crippen LogP contribution < -0.4 is 0 Å². The summed E-state index contributed by atoms with van der Waals surface area (Å²) in [6.45, 7) is 5.20. The van der Waals surface area contributed by atoms with Gasteiger partial charge in [-0.3, -0.25) is 9.89 Å². The van der Waals surface area contributed by atoms with E-state index in [0.29, 0.717) is 25.3 Å². The van der Waals surface area contributed by atoms with Crippen LogP contribution in [0.25, 0.3) is 0 Å². The van der Waals surface area contributed by atoms with Crippen molar-refractivity contribution in [2.24, 2.45) is 0 Å². The van der Waals surface area contributed by atoms with Crippen molar-refractivity contribution < 1.29 is 13.9 Å². The third-order valence-corrected chi connectivity index (χ3v) is 3.98. The van der Waals surface area contributed by atoms with Gasteiger partial charge in [-0.15, -0.1) is 0 Å². The molecule has 0 aliphatic carbocycles. The third kappa shape index (κ3) is 2.62. The number of hydrogen-bond donors (Lipinski definition) is 1. The second kappa shape index (κ2) is 5.88. The van der Waals surface area contributed by atoms with Gasteiger partial charge in [0, 0.05) is 23.4 Å². The van der Waals surface area contributed by atoms with Crippen LogP contribution in [-0.4, -0.2) is 40.8 Å². The van der Waals surface area contributed by atoms with Gasteiger partial charge in [-0.1, -0.05) is 6.07 Å². The van der Waals surface area contributed by atoms with E-state index in [1.807, 2.05) is 13.8 Å². The molecule has 2 heterocycles. The van der Waals surface area contributed by atoms with E-state index in [1.54, 1.807) is 17.0 Å². The summed E-state index contributed by atoms with van der Waals surface area (Å²) in [5, 5.41) is 7.13. The Balaban J connectivity index is 1.95. The molecule has 1 atom stereocenters. The van der Waals surface area contributed by atoms with Crippen molar-refractivity contribution in [2.45, 2.75) is 19.9 Å². The number of hydrogen-bond acceptors (Lipinski definition) is 3. The number of halogens is 1. The fourth-order valence-corrected chi connectivity index (χ4v) is 2.92. The number of aryl methyl sites for hydroxylation is 2. The van der Waals surface area contributed by atoms with Gasteiger partial charge in [0.05, 0.1) is 24.9 Å². The minimum Gasteiger partial charge on any atom is -0.377 e. The molecule has 0 bridgehead atoms. The van der Waals surface area contributed by atoms with Gasteiger partial charge in [0.1, 0.15) is 5.82 Å². The summed E-state index contributed by atoms with van der Waals surface area (Å²) in [4.78, 5) is 14.5. The number of H-pyrrole nitrogens is 1. The number of carbonyl (C=O) groups excluding carboxylic acids is 1. The molecular weight excluding hydrogens is 285 g/mol. The van der Waals surface area contributed by atoms with Crippen LogP contribution in [0.1, 0.15) is 33.4 Å². The molecule has 1 saturated heterocycles. The van der Waals surface area contributed by atoms with Gasteiger partial charge in [-0.25, -0.2) is 4.39 Å². The number of aromatic nitrogens is 2. The molecular formula is C16H18FN3O2. The first kappa shape index (κ1) is 14.7. The van der Waals surface area contributed by atoms with Crippen LogP contribution in [0.2, 0.25) is 0 Å². The van der Waals surface area contributed by atoms with E-state index in [2.05, 4.69) is 10.2 Å². The van der Waals surface area contributed by atoms with Crippen molar-refractivity contribution in [1.82, 2.24) is 15.1 Å². The highest BCUT2D eigenvalue weighted by Crippen LogP contribution is 2.29. The SMILES string of the molecule is Cc1n[nH]c(C)c1[C@H]1COCCN1C(=O)c1cccc(F)c1. The molecule has 0 radical (unpaired) electrons. The van der Waals surface area contributed by atoms with E-state index >= 15 is 0 Å². The summed E-state index contributed by atoms with van der Waals surface area (Å²) in [5.74, 6) is -0.598. The molecule has 1 fully saturated rings. The summed E-state index contributed by atoms with van der Waals surface area (Å²) in [5.41, 5.74) is 3.10. The number of amides is 1. The number of morpholine rings is 1. The number of rotatable bonds is 2. The van der Waals surface area contributed by atoms with E-state index < -0.39 is 5.82 Å². The number of aromatic amines is 1. The van der Waals surface area contributed by atoms with E-state index in [9.17, 15) is 9.18 Å². The lowest BCUT2D eigenvalue weighted by atomic mass is 10.0. The molecule has 3 rings (SSSR count). The predicted molar refractivity (Wildman–Crippen MR) is 79.1 cm³/mol. The largest absolute Gasteiger partial charge is 0.377 e. The molecule has 116 valence electrons. The molecule has 1 aliphatic heterocycles. The van der Waals surface area contributed by atoms with Gasteiger partial charge in [-0.05, 0) is 32.0 Å². The fraction of sp³-hybridized carbons (Fsp3) is 0.375. The number of nitrogens with one attached hydrogen (secondary N) is 1. The lowest BCUT2D eigenvalue weighted by molar-refractivity contribution is -0.00303. The first-order valence-electron chi connectivity index (χ1n) is 7.23. The maximum atomic E-state index is 13.4. The Hall–Kier alpha value is -2.21. The quantitative estimate of drug-likeness (QED) is 0.926. The summed E-state index contributed by atoms with van der Waals surface area (Å²) in [7, 11) is 0. The highest BCUT2D eigenvalue weighted by atomic mass is 19.1. The van der Waals surface area contributed by atoms with E-state index in [4.69, 9.17) is 4.74 Å². The van der Waals surface area contributed by atoms with Crippen molar-refractivity contribution >= 4 is 5.91 Å². The summed E-state index contributed by atoms with van der Waals surface area (Å²) in [6.07, 6.45) is 0. The Kier molecular flexibility index (Phi) is 3.94. The van der Waals surface area contributed by atoms with Gasteiger partial charge in [-0.2, -0.15) is 5.10 Å². The lowest BCUT2D eigenvalue weighted by Crippen LogP contribution is -2.43. The molecule has 1 amide bonds. The fourth-order valence-electron chi connectivity index (χ4n) is 2.92. The van der Waals surface area contributed by atoms with Crippen molar-refractivity contribution in [2.75, 3.05) is 19.8 Å². The molecule has 5 nitrogen and oxygen atoms in total. The monoisotopic (exact) mass is 303 g/mol. The maximum Gasteiger partial charge on any atom is 0.254 e. The normalized spacial score (nSPS) is 18.5. The molecule has 1 N–H and O–H groups in total. The minimum absolute atomic E-state index is 0.187. The van der Waals surface area contributed by atoms with Crippen molar-refractivity contribution in [1.29, 1.82) is 0 Å². The van der Waals surface area contributed by atoms with Crippen LogP contribution in [-0.2, 0) is 4.74 Å². The molecule has 1 aromatic heterocycles. The van der Waals surface area contributed by atoms with Crippen molar-refractivity contribution in [3.05, 3.63) is 52.6 Å². The van der Waals surface area contributed by atoms with Gasteiger partial charge >= 0.3 is 0 Å². The highest BCUT2D eigenvalue weighted by molar-refractivity contribution is 5.94. The lowest BCUT2D eigenvalue weighted by Gasteiger charge is -2.36. The molecule has 2 aromatic rings. The summed E-state index contributed by atoms with van der Waals surface area (Å²) >= 11 is 0. The first-order valence-corrected chi connectivity index (χ1v) is 7.23. The number of ether oxygens (including phenoxy) is 1. The maximum absolute atomic E-state index is 13.4. The smallest absolute Gasteiger partial charge is 0.254 e.